The van der Waals surface area contributed by atoms with Crippen LogP contribution in [0.3, 0.4) is 0 Å². The number of rotatable bonds is 3. The summed E-state index contributed by atoms with van der Waals surface area (Å²) in [7, 11) is 1.74. The summed E-state index contributed by atoms with van der Waals surface area (Å²) in [5, 5.41) is 2.69. The number of hydrogen-bond donors (Lipinski definition) is 2. The van der Waals surface area contributed by atoms with Crippen LogP contribution in [0.25, 0.3) is 0 Å². The number of likely N-dealkylation sites (N-methyl/N-ethyl adjacent to an activating group) is 1. The molecule has 66 valence electrons. The molecular formula is C7H17N3O. The van der Waals surface area contributed by atoms with Gasteiger partial charge in [0, 0.05) is 26.2 Å². The molecule has 0 aromatic carbocycles. The van der Waals surface area contributed by atoms with E-state index in [9.17, 15) is 4.79 Å². The van der Waals surface area contributed by atoms with Gasteiger partial charge in [-0.1, -0.05) is 0 Å². The zero-order valence-corrected chi connectivity index (χ0v) is 7.42. The molecule has 11 heavy (non-hydrogen) atoms. The molecule has 0 saturated carbocycles. The normalized spacial score (nSPS) is 12.4. The van der Waals surface area contributed by atoms with Gasteiger partial charge in [-0.15, -0.1) is 0 Å². The lowest BCUT2D eigenvalue weighted by atomic mass is 10.3. The Morgan fingerprint density at radius 1 is 1.73 bits per heavy atom. The Hall–Kier alpha value is -0.770. The third kappa shape index (κ3) is 3.23. The van der Waals surface area contributed by atoms with Gasteiger partial charge in [-0.25, -0.2) is 4.79 Å². The minimum absolute atomic E-state index is 0.0644. The lowest BCUT2D eigenvalue weighted by molar-refractivity contribution is 0.196. The SMILES string of the molecule is CCNC(=O)N(C)C(C)CN. The van der Waals surface area contributed by atoms with Gasteiger partial charge in [0.25, 0.3) is 0 Å². The van der Waals surface area contributed by atoms with E-state index in [4.69, 9.17) is 5.73 Å². The van der Waals surface area contributed by atoms with Gasteiger partial charge in [0.15, 0.2) is 0 Å². The van der Waals surface area contributed by atoms with E-state index in [0.29, 0.717) is 13.1 Å². The van der Waals surface area contributed by atoms with Crippen LogP contribution in [0.1, 0.15) is 13.8 Å². The maximum Gasteiger partial charge on any atom is 0.317 e. The van der Waals surface area contributed by atoms with Crippen molar-refractivity contribution in [2.75, 3.05) is 20.1 Å². The molecule has 0 heterocycles. The number of amides is 2. The summed E-state index contributed by atoms with van der Waals surface area (Å²) in [5.41, 5.74) is 5.39. The molecule has 0 spiro atoms. The molecule has 2 amide bonds. The van der Waals surface area contributed by atoms with Crippen LogP contribution in [0, 0.1) is 0 Å². The number of nitrogens with two attached hydrogens (primary N) is 1. The highest BCUT2D eigenvalue weighted by Crippen LogP contribution is 1.92. The van der Waals surface area contributed by atoms with E-state index in [-0.39, 0.29) is 12.1 Å². The van der Waals surface area contributed by atoms with Crippen LogP contribution in [0.4, 0.5) is 4.79 Å². The summed E-state index contributed by atoms with van der Waals surface area (Å²) in [6, 6.07) is 0.0343. The van der Waals surface area contributed by atoms with Gasteiger partial charge in [-0.05, 0) is 13.8 Å². The van der Waals surface area contributed by atoms with E-state index in [1.165, 1.54) is 0 Å². The predicted molar refractivity (Wildman–Crippen MR) is 45.4 cm³/mol. The lowest BCUT2D eigenvalue weighted by Gasteiger charge is -2.23. The van der Waals surface area contributed by atoms with Crippen molar-refractivity contribution >= 4 is 6.03 Å². The Bertz CT molecular complexity index is 127. The molecule has 1 unspecified atom stereocenters. The van der Waals surface area contributed by atoms with Crippen molar-refractivity contribution in [3.63, 3.8) is 0 Å². The molecular weight excluding hydrogens is 142 g/mol. The number of hydrogen-bond acceptors (Lipinski definition) is 2. The van der Waals surface area contributed by atoms with Crippen molar-refractivity contribution < 1.29 is 4.79 Å². The van der Waals surface area contributed by atoms with Crippen LogP contribution in [-0.4, -0.2) is 37.1 Å². The van der Waals surface area contributed by atoms with E-state index >= 15 is 0 Å². The zero-order chi connectivity index (χ0) is 8.85. The van der Waals surface area contributed by atoms with Crippen molar-refractivity contribution in [1.29, 1.82) is 0 Å². The molecule has 0 fully saturated rings. The third-order valence-electron chi connectivity index (χ3n) is 1.65. The molecule has 0 bridgehead atoms. The van der Waals surface area contributed by atoms with Gasteiger partial charge in [0.05, 0.1) is 0 Å². The van der Waals surface area contributed by atoms with Gasteiger partial charge in [-0.3, -0.25) is 0 Å². The fourth-order valence-corrected chi connectivity index (χ4v) is 0.634. The molecule has 0 aliphatic carbocycles. The summed E-state index contributed by atoms with van der Waals surface area (Å²) in [6.07, 6.45) is 0. The van der Waals surface area contributed by atoms with E-state index in [2.05, 4.69) is 5.32 Å². The first-order chi connectivity index (χ1) is 5.13. The maximum atomic E-state index is 11.1. The quantitative estimate of drug-likeness (QED) is 0.608. The number of carbonyl (C=O) groups excluding carboxylic acids is 1. The Morgan fingerprint density at radius 3 is 2.64 bits per heavy atom. The van der Waals surface area contributed by atoms with Gasteiger partial charge in [0.2, 0.25) is 0 Å². The summed E-state index contributed by atoms with van der Waals surface area (Å²) in [4.78, 5) is 12.7. The van der Waals surface area contributed by atoms with Crippen LogP contribution < -0.4 is 11.1 Å². The van der Waals surface area contributed by atoms with E-state index in [1.54, 1.807) is 11.9 Å². The Kier molecular flexibility index (Phi) is 4.61. The molecule has 0 saturated heterocycles. The molecule has 0 aromatic rings. The molecule has 4 heteroatoms. The number of nitrogens with zero attached hydrogens (tertiary/aromatic N) is 1. The first-order valence-electron chi connectivity index (χ1n) is 3.84. The average molecular weight is 159 g/mol. The van der Waals surface area contributed by atoms with E-state index in [1.807, 2.05) is 13.8 Å². The second-order valence-electron chi connectivity index (χ2n) is 2.53. The van der Waals surface area contributed by atoms with Crippen LogP contribution in [0.2, 0.25) is 0 Å². The summed E-state index contributed by atoms with van der Waals surface area (Å²) >= 11 is 0. The third-order valence-corrected chi connectivity index (χ3v) is 1.65. The minimum Gasteiger partial charge on any atom is -0.338 e. The molecule has 0 aromatic heterocycles. The van der Waals surface area contributed by atoms with Crippen molar-refractivity contribution in [2.24, 2.45) is 5.73 Å². The zero-order valence-electron chi connectivity index (χ0n) is 7.42. The van der Waals surface area contributed by atoms with Gasteiger partial charge in [0.1, 0.15) is 0 Å². The summed E-state index contributed by atoms with van der Waals surface area (Å²) < 4.78 is 0. The largest absolute Gasteiger partial charge is 0.338 e. The topological polar surface area (TPSA) is 58.4 Å². The Morgan fingerprint density at radius 2 is 2.27 bits per heavy atom. The van der Waals surface area contributed by atoms with Gasteiger partial charge in [-0.2, -0.15) is 0 Å². The van der Waals surface area contributed by atoms with Crippen molar-refractivity contribution in [2.45, 2.75) is 19.9 Å². The highest BCUT2D eigenvalue weighted by molar-refractivity contribution is 5.74. The smallest absolute Gasteiger partial charge is 0.317 e. The van der Waals surface area contributed by atoms with Crippen LogP contribution in [0.15, 0.2) is 0 Å². The van der Waals surface area contributed by atoms with E-state index in [0.717, 1.165) is 0 Å². The van der Waals surface area contributed by atoms with Crippen LogP contribution >= 0.6 is 0 Å². The molecule has 0 aliphatic heterocycles. The molecule has 1 atom stereocenters. The highest BCUT2D eigenvalue weighted by Gasteiger charge is 2.11. The summed E-state index contributed by atoms with van der Waals surface area (Å²) in [5.74, 6) is 0. The fraction of sp³-hybridized carbons (Fsp3) is 0.857. The van der Waals surface area contributed by atoms with Crippen molar-refractivity contribution in [3.05, 3.63) is 0 Å². The molecule has 0 aliphatic rings. The first-order valence-corrected chi connectivity index (χ1v) is 3.84. The summed E-state index contributed by atoms with van der Waals surface area (Å²) in [6.45, 7) is 4.95. The minimum atomic E-state index is -0.0644. The molecule has 0 radical (unpaired) electrons. The maximum absolute atomic E-state index is 11.1. The number of carbonyl (C=O) groups is 1. The van der Waals surface area contributed by atoms with E-state index < -0.39 is 0 Å². The van der Waals surface area contributed by atoms with Crippen LogP contribution in [-0.2, 0) is 0 Å². The number of urea groups is 1. The standard InChI is InChI=1S/C7H17N3O/c1-4-9-7(11)10(3)6(2)5-8/h6H,4-5,8H2,1-3H3,(H,9,11). The van der Waals surface area contributed by atoms with Crippen LogP contribution in [0.5, 0.6) is 0 Å². The Labute approximate surface area is 67.7 Å². The molecule has 4 nitrogen and oxygen atoms in total. The lowest BCUT2D eigenvalue weighted by Crippen LogP contribution is -2.45. The average Bonchev–Trinajstić information content (AvgIpc) is 2.02. The van der Waals surface area contributed by atoms with Crippen molar-refractivity contribution in [1.82, 2.24) is 10.2 Å². The van der Waals surface area contributed by atoms with Crippen molar-refractivity contribution in [3.8, 4) is 0 Å². The fourth-order valence-electron chi connectivity index (χ4n) is 0.634. The second-order valence-corrected chi connectivity index (χ2v) is 2.53. The predicted octanol–water partition coefficient (Wildman–Crippen LogP) is -0.00510. The number of nitrogens with one attached hydrogen (secondary N) is 1. The first kappa shape index (κ1) is 10.2. The van der Waals surface area contributed by atoms with Gasteiger partial charge < -0.3 is 16.0 Å². The second kappa shape index (κ2) is 4.96. The van der Waals surface area contributed by atoms with Gasteiger partial charge >= 0.3 is 6.03 Å². The Balaban J connectivity index is 3.80. The highest BCUT2D eigenvalue weighted by atomic mass is 16.2. The molecule has 0 rings (SSSR count). The monoisotopic (exact) mass is 159 g/mol. The molecule has 3 N–H and O–H groups in total.